The van der Waals surface area contributed by atoms with Crippen molar-refractivity contribution < 1.29 is 0 Å². The van der Waals surface area contributed by atoms with Crippen LogP contribution in [-0.4, -0.2) is 0 Å². The van der Waals surface area contributed by atoms with Crippen LogP contribution in [0.2, 0.25) is 0 Å². The fourth-order valence-corrected chi connectivity index (χ4v) is 3.29. The van der Waals surface area contributed by atoms with Crippen molar-refractivity contribution in [2.45, 2.75) is 20.4 Å². The molecule has 0 atom stereocenters. The van der Waals surface area contributed by atoms with E-state index in [1.54, 1.807) is 11.3 Å². The van der Waals surface area contributed by atoms with Crippen LogP contribution in [0.5, 0.6) is 0 Å². The number of benzene rings is 1. The Bertz CT molecular complexity index is 591. The average Bonchev–Trinajstić information content (AvgIpc) is 2.66. The van der Waals surface area contributed by atoms with Crippen LogP contribution in [0, 0.1) is 25.2 Å². The minimum Gasteiger partial charge on any atom is -0.379 e. The summed E-state index contributed by atoms with van der Waals surface area (Å²) in [6, 6.07) is 10.2. The first-order chi connectivity index (χ1) is 8.61. The molecule has 0 spiro atoms. The topological polar surface area (TPSA) is 35.8 Å². The Morgan fingerprint density at radius 2 is 2.17 bits per heavy atom. The molecule has 4 heteroatoms. The highest BCUT2D eigenvalue weighted by Gasteiger charge is 2.06. The zero-order valence-electron chi connectivity index (χ0n) is 10.2. The van der Waals surface area contributed by atoms with Gasteiger partial charge in [0.1, 0.15) is 6.07 Å². The van der Waals surface area contributed by atoms with Crippen LogP contribution in [0.1, 0.15) is 20.9 Å². The van der Waals surface area contributed by atoms with E-state index in [2.05, 4.69) is 40.3 Å². The minimum absolute atomic E-state index is 0.727. The van der Waals surface area contributed by atoms with Gasteiger partial charge in [-0.05, 0) is 47.5 Å². The molecular weight excluding hydrogens is 308 g/mol. The van der Waals surface area contributed by atoms with Gasteiger partial charge in [-0.25, -0.2) is 0 Å². The molecule has 0 saturated heterocycles. The maximum atomic E-state index is 9.15. The van der Waals surface area contributed by atoms with Gasteiger partial charge in [-0.1, -0.05) is 12.1 Å². The van der Waals surface area contributed by atoms with Crippen molar-refractivity contribution in [3.05, 3.63) is 49.6 Å². The molecule has 0 fully saturated rings. The van der Waals surface area contributed by atoms with Crippen molar-refractivity contribution in [2.24, 2.45) is 0 Å². The SMILES string of the molecule is Cc1cccc(NCc2cc(Br)c(C)s2)c1C#N. The van der Waals surface area contributed by atoms with Gasteiger partial charge < -0.3 is 5.32 Å². The van der Waals surface area contributed by atoms with Crippen LogP contribution in [-0.2, 0) is 6.54 Å². The number of anilines is 1. The van der Waals surface area contributed by atoms with E-state index in [0.717, 1.165) is 27.8 Å². The molecule has 92 valence electrons. The molecule has 18 heavy (non-hydrogen) atoms. The zero-order valence-corrected chi connectivity index (χ0v) is 12.7. The van der Waals surface area contributed by atoms with E-state index in [0.29, 0.717) is 0 Å². The highest BCUT2D eigenvalue weighted by atomic mass is 79.9. The van der Waals surface area contributed by atoms with Gasteiger partial charge in [-0.3, -0.25) is 0 Å². The largest absolute Gasteiger partial charge is 0.379 e. The third-order valence-corrected chi connectivity index (χ3v) is 4.88. The Morgan fingerprint density at radius 3 is 2.78 bits per heavy atom. The lowest BCUT2D eigenvalue weighted by molar-refractivity contribution is 1.18. The van der Waals surface area contributed by atoms with Gasteiger partial charge in [-0.15, -0.1) is 11.3 Å². The molecule has 0 bridgehead atoms. The summed E-state index contributed by atoms with van der Waals surface area (Å²) in [7, 11) is 0. The summed E-state index contributed by atoms with van der Waals surface area (Å²) >= 11 is 5.27. The van der Waals surface area contributed by atoms with E-state index < -0.39 is 0 Å². The first kappa shape index (κ1) is 13.1. The molecule has 1 aromatic heterocycles. The number of aryl methyl sites for hydroxylation is 2. The van der Waals surface area contributed by atoms with Gasteiger partial charge in [0.05, 0.1) is 11.3 Å². The zero-order chi connectivity index (χ0) is 13.1. The molecule has 1 aromatic carbocycles. The van der Waals surface area contributed by atoms with E-state index in [-0.39, 0.29) is 0 Å². The number of hydrogen-bond acceptors (Lipinski definition) is 3. The quantitative estimate of drug-likeness (QED) is 0.896. The molecule has 0 saturated carbocycles. The molecule has 0 unspecified atom stereocenters. The Kier molecular flexibility index (Phi) is 4.05. The Balaban J connectivity index is 2.16. The standard InChI is InChI=1S/C14H13BrN2S/c1-9-4-3-5-14(12(9)7-16)17-8-11-6-13(15)10(2)18-11/h3-6,17H,8H2,1-2H3. The normalized spacial score (nSPS) is 10.1. The summed E-state index contributed by atoms with van der Waals surface area (Å²) in [6.45, 7) is 4.79. The second-order valence-electron chi connectivity index (χ2n) is 4.08. The summed E-state index contributed by atoms with van der Waals surface area (Å²) in [5, 5.41) is 12.5. The van der Waals surface area contributed by atoms with Crippen LogP contribution in [0.25, 0.3) is 0 Å². The van der Waals surface area contributed by atoms with E-state index in [4.69, 9.17) is 5.26 Å². The number of nitrogens with zero attached hydrogens (tertiary/aromatic N) is 1. The molecule has 0 aliphatic heterocycles. The number of halogens is 1. The van der Waals surface area contributed by atoms with E-state index >= 15 is 0 Å². The first-order valence-corrected chi connectivity index (χ1v) is 7.21. The second-order valence-corrected chi connectivity index (χ2v) is 6.27. The fourth-order valence-electron chi connectivity index (χ4n) is 1.75. The Hall–Kier alpha value is -1.31. The highest BCUT2D eigenvalue weighted by molar-refractivity contribution is 9.10. The molecule has 1 N–H and O–H groups in total. The van der Waals surface area contributed by atoms with Crippen LogP contribution in [0.4, 0.5) is 5.69 Å². The number of hydrogen-bond donors (Lipinski definition) is 1. The molecule has 2 nitrogen and oxygen atoms in total. The predicted octanol–water partition coefficient (Wildman–Crippen LogP) is 4.61. The number of thiophene rings is 1. The van der Waals surface area contributed by atoms with Crippen LogP contribution in [0.15, 0.2) is 28.7 Å². The lowest BCUT2D eigenvalue weighted by atomic mass is 10.1. The van der Waals surface area contributed by atoms with Crippen molar-refractivity contribution in [3.63, 3.8) is 0 Å². The molecule has 2 rings (SSSR count). The average molecular weight is 321 g/mol. The second kappa shape index (κ2) is 5.55. The first-order valence-electron chi connectivity index (χ1n) is 5.60. The predicted molar refractivity (Wildman–Crippen MR) is 80.0 cm³/mol. The van der Waals surface area contributed by atoms with E-state index in [1.165, 1.54) is 9.75 Å². The number of rotatable bonds is 3. The van der Waals surface area contributed by atoms with Crippen LogP contribution >= 0.6 is 27.3 Å². The maximum Gasteiger partial charge on any atom is 0.102 e. The lowest BCUT2D eigenvalue weighted by Crippen LogP contribution is -2.00. The molecule has 0 amide bonds. The van der Waals surface area contributed by atoms with Gasteiger partial charge in [0.15, 0.2) is 0 Å². The highest BCUT2D eigenvalue weighted by Crippen LogP contribution is 2.27. The lowest BCUT2D eigenvalue weighted by Gasteiger charge is -2.08. The molecule has 2 aromatic rings. The molecule has 0 radical (unpaired) electrons. The van der Waals surface area contributed by atoms with Crippen molar-refractivity contribution in [2.75, 3.05) is 5.32 Å². The smallest absolute Gasteiger partial charge is 0.102 e. The Morgan fingerprint density at radius 1 is 1.39 bits per heavy atom. The summed E-state index contributed by atoms with van der Waals surface area (Å²) in [6.07, 6.45) is 0. The number of nitriles is 1. The molecule has 1 heterocycles. The molecular formula is C14H13BrN2S. The third kappa shape index (κ3) is 2.74. The fraction of sp³-hybridized carbons (Fsp3) is 0.214. The summed E-state index contributed by atoms with van der Waals surface area (Å²) in [4.78, 5) is 2.53. The Labute approximate surface area is 119 Å². The van der Waals surface area contributed by atoms with Crippen LogP contribution in [0.3, 0.4) is 0 Å². The maximum absolute atomic E-state index is 9.15. The van der Waals surface area contributed by atoms with Crippen LogP contribution < -0.4 is 5.32 Å². The van der Waals surface area contributed by atoms with E-state index in [1.807, 2.05) is 25.1 Å². The van der Waals surface area contributed by atoms with Gasteiger partial charge in [-0.2, -0.15) is 5.26 Å². The van der Waals surface area contributed by atoms with Crippen molar-refractivity contribution in [3.8, 4) is 6.07 Å². The molecule has 0 aliphatic carbocycles. The van der Waals surface area contributed by atoms with Gasteiger partial charge in [0.2, 0.25) is 0 Å². The monoisotopic (exact) mass is 320 g/mol. The summed E-state index contributed by atoms with van der Waals surface area (Å²) < 4.78 is 1.15. The van der Waals surface area contributed by atoms with Gasteiger partial charge in [0.25, 0.3) is 0 Å². The summed E-state index contributed by atoms with van der Waals surface area (Å²) in [5.74, 6) is 0. The summed E-state index contributed by atoms with van der Waals surface area (Å²) in [5.41, 5.74) is 2.63. The van der Waals surface area contributed by atoms with Crippen molar-refractivity contribution in [1.29, 1.82) is 5.26 Å². The van der Waals surface area contributed by atoms with E-state index in [9.17, 15) is 0 Å². The minimum atomic E-state index is 0.727. The van der Waals surface area contributed by atoms with Gasteiger partial charge in [0, 0.05) is 20.8 Å². The number of nitrogens with one attached hydrogen (secondary N) is 1. The van der Waals surface area contributed by atoms with Crippen molar-refractivity contribution in [1.82, 2.24) is 0 Å². The molecule has 0 aliphatic rings. The van der Waals surface area contributed by atoms with Crippen molar-refractivity contribution >= 4 is 33.0 Å². The van der Waals surface area contributed by atoms with Gasteiger partial charge >= 0.3 is 0 Å². The third-order valence-electron chi connectivity index (χ3n) is 2.75.